The topological polar surface area (TPSA) is 34.9 Å². The van der Waals surface area contributed by atoms with E-state index in [9.17, 15) is 18.0 Å². The number of aryl methyl sites for hydroxylation is 1. The first-order valence-electron chi connectivity index (χ1n) is 5.11. The molecule has 0 unspecified atom stereocenters. The Kier molecular flexibility index (Phi) is 2.94. The van der Waals surface area contributed by atoms with Crippen molar-refractivity contribution in [2.75, 3.05) is 0 Å². The number of hydrogen-bond acceptors (Lipinski definition) is 2. The molecule has 1 aromatic carbocycles. The molecule has 0 atom stereocenters. The van der Waals surface area contributed by atoms with Crippen LogP contribution in [0.2, 0.25) is 0 Å². The van der Waals surface area contributed by atoms with Crippen LogP contribution in [-0.4, -0.2) is 16.1 Å². The Hall–Kier alpha value is -2.11. The number of alkyl halides is 3. The molecular formula is C12H9F3N2O. The highest BCUT2D eigenvalue weighted by atomic mass is 19.4. The fraction of sp³-hybridized carbons (Fsp3) is 0.167. The highest BCUT2D eigenvalue weighted by molar-refractivity contribution is 5.76. The van der Waals surface area contributed by atoms with Crippen molar-refractivity contribution >= 4 is 6.29 Å². The highest BCUT2D eigenvalue weighted by Gasteiger charge is 2.34. The van der Waals surface area contributed by atoms with E-state index >= 15 is 0 Å². The van der Waals surface area contributed by atoms with Crippen LogP contribution in [-0.2, 0) is 6.18 Å². The summed E-state index contributed by atoms with van der Waals surface area (Å²) in [6, 6.07) is 4.78. The molecule has 6 heteroatoms. The molecule has 0 aliphatic rings. The molecule has 2 aromatic rings. The fourth-order valence-corrected chi connectivity index (χ4v) is 1.60. The van der Waals surface area contributed by atoms with E-state index in [1.165, 1.54) is 12.3 Å². The van der Waals surface area contributed by atoms with E-state index in [0.717, 1.165) is 16.8 Å². The van der Waals surface area contributed by atoms with Gasteiger partial charge < -0.3 is 0 Å². The molecule has 0 aliphatic heterocycles. The Bertz CT molecular complexity index is 587. The Labute approximate surface area is 101 Å². The van der Waals surface area contributed by atoms with Crippen molar-refractivity contribution in [3.05, 3.63) is 47.3 Å². The van der Waals surface area contributed by atoms with Crippen molar-refractivity contribution in [2.45, 2.75) is 13.1 Å². The molecule has 0 fully saturated rings. The van der Waals surface area contributed by atoms with Gasteiger partial charge in [-0.05, 0) is 25.1 Å². The summed E-state index contributed by atoms with van der Waals surface area (Å²) in [7, 11) is 0. The van der Waals surface area contributed by atoms with E-state index in [1.807, 2.05) is 0 Å². The lowest BCUT2D eigenvalue weighted by Gasteiger charge is -2.13. The number of nitrogens with zero attached hydrogens (tertiary/aromatic N) is 2. The third-order valence-corrected chi connectivity index (χ3v) is 2.43. The van der Waals surface area contributed by atoms with Gasteiger partial charge in [-0.25, -0.2) is 4.68 Å². The third-order valence-electron chi connectivity index (χ3n) is 2.43. The molecule has 1 aromatic heterocycles. The van der Waals surface area contributed by atoms with Crippen molar-refractivity contribution in [3.8, 4) is 5.69 Å². The average Bonchev–Trinajstić information content (AvgIpc) is 2.74. The van der Waals surface area contributed by atoms with Gasteiger partial charge in [0.15, 0.2) is 0 Å². The van der Waals surface area contributed by atoms with Gasteiger partial charge >= 0.3 is 6.18 Å². The quantitative estimate of drug-likeness (QED) is 0.772. The van der Waals surface area contributed by atoms with Gasteiger partial charge in [0.25, 0.3) is 0 Å². The summed E-state index contributed by atoms with van der Waals surface area (Å²) in [4.78, 5) is 10.6. The Morgan fingerprint density at radius 2 is 2.00 bits per heavy atom. The molecule has 0 spiro atoms. The summed E-state index contributed by atoms with van der Waals surface area (Å²) in [5, 5.41) is 3.93. The normalized spacial score (nSPS) is 11.6. The maximum Gasteiger partial charge on any atom is 0.418 e. The van der Waals surface area contributed by atoms with Crippen molar-refractivity contribution in [2.24, 2.45) is 0 Å². The first-order chi connectivity index (χ1) is 8.41. The number of carbonyl (C=O) groups excluding carboxylic acids is 1. The van der Waals surface area contributed by atoms with Crippen LogP contribution in [0.3, 0.4) is 0 Å². The number of aldehydes is 1. The minimum Gasteiger partial charge on any atom is -0.298 e. The van der Waals surface area contributed by atoms with Gasteiger partial charge in [-0.15, -0.1) is 0 Å². The molecule has 18 heavy (non-hydrogen) atoms. The van der Waals surface area contributed by atoms with Crippen LogP contribution >= 0.6 is 0 Å². The molecule has 0 amide bonds. The number of carbonyl (C=O) groups is 1. The number of aromatic nitrogens is 2. The average molecular weight is 254 g/mol. The van der Waals surface area contributed by atoms with Crippen LogP contribution in [0.25, 0.3) is 5.69 Å². The Morgan fingerprint density at radius 1 is 1.28 bits per heavy atom. The summed E-state index contributed by atoms with van der Waals surface area (Å²) in [5.74, 6) is 0. The van der Waals surface area contributed by atoms with Crippen LogP contribution in [0, 0.1) is 6.92 Å². The van der Waals surface area contributed by atoms with Gasteiger partial charge in [0.05, 0.1) is 16.9 Å². The summed E-state index contributed by atoms with van der Waals surface area (Å²) < 4.78 is 39.7. The monoisotopic (exact) mass is 254 g/mol. The van der Waals surface area contributed by atoms with E-state index in [4.69, 9.17) is 0 Å². The van der Waals surface area contributed by atoms with Crippen LogP contribution in [0.4, 0.5) is 13.2 Å². The van der Waals surface area contributed by atoms with E-state index in [-0.39, 0.29) is 11.3 Å². The summed E-state index contributed by atoms with van der Waals surface area (Å²) in [5.41, 5.74) is -0.206. The predicted molar refractivity (Wildman–Crippen MR) is 58.7 cm³/mol. The summed E-state index contributed by atoms with van der Waals surface area (Å²) >= 11 is 0. The molecular weight excluding hydrogens is 245 g/mol. The number of halogens is 3. The van der Waals surface area contributed by atoms with Gasteiger partial charge in [-0.3, -0.25) is 4.79 Å². The minimum atomic E-state index is -4.49. The molecule has 2 rings (SSSR count). The Morgan fingerprint density at radius 3 is 2.50 bits per heavy atom. The molecule has 0 saturated carbocycles. The second-order valence-corrected chi connectivity index (χ2v) is 3.79. The van der Waals surface area contributed by atoms with Gasteiger partial charge in [0, 0.05) is 11.8 Å². The molecule has 3 nitrogen and oxygen atoms in total. The van der Waals surface area contributed by atoms with Crippen LogP contribution < -0.4 is 0 Å². The first-order valence-corrected chi connectivity index (χ1v) is 5.11. The zero-order chi connectivity index (χ0) is 13.3. The number of benzene rings is 1. The van der Waals surface area contributed by atoms with Crippen LogP contribution in [0.1, 0.15) is 21.6 Å². The van der Waals surface area contributed by atoms with E-state index in [0.29, 0.717) is 12.0 Å². The zero-order valence-electron chi connectivity index (χ0n) is 9.40. The SMILES string of the molecule is Cc1ccn(-c2cc(C=O)ccc2C(F)(F)F)n1. The standard InChI is InChI=1S/C12H9F3N2O/c1-8-4-5-17(16-8)11-6-9(7-18)2-3-10(11)12(13,14)15/h2-7H,1H3. The molecule has 0 aliphatic carbocycles. The second kappa shape index (κ2) is 4.29. The summed E-state index contributed by atoms with van der Waals surface area (Å²) in [6.07, 6.45) is -2.56. The van der Waals surface area contributed by atoms with Crippen molar-refractivity contribution < 1.29 is 18.0 Å². The lowest BCUT2D eigenvalue weighted by atomic mass is 10.1. The maximum atomic E-state index is 12.8. The van der Waals surface area contributed by atoms with Gasteiger partial charge in [0.2, 0.25) is 0 Å². The smallest absolute Gasteiger partial charge is 0.298 e. The molecule has 0 N–H and O–H groups in total. The molecule has 0 radical (unpaired) electrons. The number of hydrogen-bond donors (Lipinski definition) is 0. The van der Waals surface area contributed by atoms with Crippen LogP contribution in [0.5, 0.6) is 0 Å². The zero-order valence-corrected chi connectivity index (χ0v) is 9.40. The first kappa shape index (κ1) is 12.3. The second-order valence-electron chi connectivity index (χ2n) is 3.79. The molecule has 94 valence electrons. The van der Waals surface area contributed by atoms with Crippen molar-refractivity contribution in [3.63, 3.8) is 0 Å². The molecule has 0 saturated heterocycles. The maximum absolute atomic E-state index is 12.8. The lowest BCUT2D eigenvalue weighted by molar-refractivity contribution is -0.137. The van der Waals surface area contributed by atoms with E-state index < -0.39 is 11.7 Å². The third kappa shape index (κ3) is 2.27. The van der Waals surface area contributed by atoms with Crippen molar-refractivity contribution in [1.29, 1.82) is 0 Å². The van der Waals surface area contributed by atoms with Crippen LogP contribution in [0.15, 0.2) is 30.5 Å². The summed E-state index contributed by atoms with van der Waals surface area (Å²) in [6.45, 7) is 1.67. The fourth-order valence-electron chi connectivity index (χ4n) is 1.60. The lowest BCUT2D eigenvalue weighted by Crippen LogP contribution is -2.11. The van der Waals surface area contributed by atoms with Gasteiger partial charge in [0.1, 0.15) is 6.29 Å². The van der Waals surface area contributed by atoms with E-state index in [1.54, 1.807) is 13.0 Å². The van der Waals surface area contributed by atoms with E-state index in [2.05, 4.69) is 5.10 Å². The molecule has 1 heterocycles. The van der Waals surface area contributed by atoms with Gasteiger partial charge in [-0.2, -0.15) is 18.3 Å². The largest absolute Gasteiger partial charge is 0.418 e. The van der Waals surface area contributed by atoms with Crippen molar-refractivity contribution in [1.82, 2.24) is 9.78 Å². The number of rotatable bonds is 2. The predicted octanol–water partition coefficient (Wildman–Crippen LogP) is 3.01. The molecule has 0 bridgehead atoms. The highest BCUT2D eigenvalue weighted by Crippen LogP contribution is 2.34. The minimum absolute atomic E-state index is 0.153. The Balaban J connectivity index is 2.65. The van der Waals surface area contributed by atoms with Gasteiger partial charge in [-0.1, -0.05) is 6.07 Å².